The Hall–Kier alpha value is -1.98. The van der Waals surface area contributed by atoms with Gasteiger partial charge in [0.25, 0.3) is 0 Å². The number of halogens is 1. The fraction of sp³-hybridized carbons (Fsp3) is 0.450. The SMILES string of the molecule is C/C=C1/CN2CC[C@]34C(=C(C(=O)OC)[C@H]1C[C@H]23)Nc1ccccc14.O.[O-][Cl+3]([O-])([O-])O. The second kappa shape index (κ2) is 7.93. The van der Waals surface area contributed by atoms with Crippen LogP contribution in [-0.4, -0.2) is 47.2 Å². The number of hydrogen-bond acceptors (Lipinski definition) is 8. The number of ether oxygens (including phenoxy) is 1. The van der Waals surface area contributed by atoms with E-state index in [0.717, 1.165) is 42.9 Å². The van der Waals surface area contributed by atoms with Crippen LogP contribution >= 0.6 is 0 Å². The van der Waals surface area contributed by atoms with Crippen LogP contribution < -0.4 is 19.3 Å². The summed E-state index contributed by atoms with van der Waals surface area (Å²) in [6.45, 7) is 4.15. The molecule has 5 rings (SSSR count). The fourth-order valence-electron chi connectivity index (χ4n) is 5.61. The number of rotatable bonds is 1. The van der Waals surface area contributed by atoms with Gasteiger partial charge < -0.3 is 15.5 Å². The van der Waals surface area contributed by atoms with E-state index in [1.54, 1.807) is 0 Å². The maximum Gasteiger partial charge on any atom is 0.336 e. The summed E-state index contributed by atoms with van der Waals surface area (Å²) in [5.74, 6) is 0.0135. The molecule has 4 N–H and O–H groups in total. The number of hydrogen-bond donors (Lipinski definition) is 2. The van der Waals surface area contributed by atoms with Crippen LogP contribution in [0, 0.1) is 16.2 Å². The molecule has 0 aromatic heterocycles. The minimum atomic E-state index is -4.69. The molecule has 10 heteroatoms. The number of methoxy groups -OCH3 is 1. The quantitative estimate of drug-likeness (QED) is 0.370. The molecule has 1 aromatic carbocycles. The van der Waals surface area contributed by atoms with E-state index in [2.05, 4.69) is 47.5 Å². The standard InChI is InChI=1S/C20H22N2O2.ClHO4.H2O/c1-3-12-11-22-9-8-20-14-6-4-5-7-15(14)21-18(20)17(19(23)24-2)13(12)10-16(20)22;2-1(3,4)5;/h3-7,13,16,21H,8-11H2,1-2H3;(H,2,3,4,5);1H2/b12-3-;;/t13-,16-,20+;;/m0../s1. The lowest BCUT2D eigenvalue weighted by Gasteiger charge is -2.48. The average molecular weight is 441 g/mol. The first kappa shape index (κ1) is 22.7. The molecule has 0 radical (unpaired) electrons. The van der Waals surface area contributed by atoms with Gasteiger partial charge in [0.15, 0.2) is 0 Å². The van der Waals surface area contributed by atoms with E-state index in [1.807, 2.05) is 0 Å². The van der Waals surface area contributed by atoms with Crippen LogP contribution in [0.3, 0.4) is 0 Å². The highest BCUT2D eigenvalue weighted by atomic mass is 35.7. The van der Waals surface area contributed by atoms with Gasteiger partial charge in [-0.2, -0.15) is 14.0 Å². The molecule has 0 unspecified atom stereocenters. The van der Waals surface area contributed by atoms with Gasteiger partial charge in [0.2, 0.25) is 0 Å². The normalized spacial score (nSPS) is 29.9. The molecular formula is C20H25ClN2O7. The Bertz CT molecular complexity index is 905. The number of benzene rings is 1. The summed E-state index contributed by atoms with van der Waals surface area (Å²) in [5.41, 5.74) is 5.78. The zero-order valence-electron chi connectivity index (χ0n) is 16.7. The molecule has 30 heavy (non-hydrogen) atoms. The Morgan fingerprint density at radius 3 is 2.67 bits per heavy atom. The first-order valence-electron chi connectivity index (χ1n) is 9.42. The number of nitrogens with one attached hydrogen (secondary N) is 1. The van der Waals surface area contributed by atoms with Crippen molar-refractivity contribution in [2.75, 3.05) is 25.5 Å². The van der Waals surface area contributed by atoms with Crippen molar-refractivity contribution >= 4 is 11.7 Å². The number of fused-ring (bicyclic) bond motifs is 2. The molecule has 9 nitrogen and oxygen atoms in total. The monoisotopic (exact) mass is 440 g/mol. The third-order valence-electron chi connectivity index (χ3n) is 6.60. The molecule has 3 aliphatic heterocycles. The molecule has 1 spiro atoms. The molecule has 2 fully saturated rings. The molecule has 2 bridgehead atoms. The molecule has 4 aliphatic rings. The lowest BCUT2D eigenvalue weighted by molar-refractivity contribution is -1.92. The largest absolute Gasteiger partial charge is 0.466 e. The highest BCUT2D eigenvalue weighted by Gasteiger charge is 2.62. The summed E-state index contributed by atoms with van der Waals surface area (Å²) in [6.07, 6.45) is 4.28. The Morgan fingerprint density at radius 2 is 2.03 bits per heavy atom. The lowest BCUT2D eigenvalue weighted by Crippen LogP contribution is -2.58. The van der Waals surface area contributed by atoms with E-state index in [4.69, 9.17) is 23.4 Å². The zero-order chi connectivity index (χ0) is 21.0. The van der Waals surface area contributed by atoms with E-state index in [9.17, 15) is 4.79 Å². The van der Waals surface area contributed by atoms with Gasteiger partial charge in [0.1, 0.15) is 0 Å². The molecule has 0 saturated carbocycles. The van der Waals surface area contributed by atoms with Crippen LogP contribution in [0.5, 0.6) is 0 Å². The minimum Gasteiger partial charge on any atom is -0.466 e. The van der Waals surface area contributed by atoms with Crippen molar-refractivity contribution in [1.82, 2.24) is 4.90 Å². The van der Waals surface area contributed by atoms with Crippen LogP contribution in [0.2, 0.25) is 0 Å². The van der Waals surface area contributed by atoms with Gasteiger partial charge in [-0.15, -0.1) is 0 Å². The van der Waals surface area contributed by atoms with Gasteiger partial charge in [-0.3, -0.25) is 4.90 Å². The first-order chi connectivity index (χ1) is 13.7. The van der Waals surface area contributed by atoms with Gasteiger partial charge in [-0.1, -0.05) is 29.8 Å². The van der Waals surface area contributed by atoms with E-state index in [1.165, 1.54) is 18.2 Å². The first-order valence-corrected chi connectivity index (χ1v) is 10.7. The minimum absolute atomic E-state index is 0. The average Bonchev–Trinajstić information content (AvgIpc) is 3.22. The van der Waals surface area contributed by atoms with Crippen molar-refractivity contribution in [3.8, 4) is 0 Å². The molecule has 3 heterocycles. The molecule has 1 aromatic rings. The van der Waals surface area contributed by atoms with E-state index in [0.29, 0.717) is 6.04 Å². The number of piperidine rings is 1. The number of carbonyl (C=O) groups excluding carboxylic acids is 1. The molecule has 1 aliphatic carbocycles. The molecular weight excluding hydrogens is 416 g/mol. The van der Waals surface area contributed by atoms with Gasteiger partial charge in [0, 0.05) is 36.4 Å². The number of nitrogens with zero attached hydrogens (tertiary/aromatic N) is 1. The summed E-state index contributed by atoms with van der Waals surface area (Å²) in [7, 11) is -3.20. The second-order valence-corrected chi connectivity index (χ2v) is 8.50. The van der Waals surface area contributed by atoms with Crippen molar-refractivity contribution in [2.45, 2.75) is 31.2 Å². The van der Waals surface area contributed by atoms with Gasteiger partial charge in [-0.25, -0.2) is 4.79 Å². The summed E-state index contributed by atoms with van der Waals surface area (Å²) in [4.78, 5) is 15.3. The predicted octanol–water partition coefficient (Wildman–Crippen LogP) is -2.12. The van der Waals surface area contributed by atoms with Crippen molar-refractivity contribution in [1.29, 1.82) is 0 Å². The zero-order valence-corrected chi connectivity index (χ0v) is 17.4. The fourth-order valence-corrected chi connectivity index (χ4v) is 5.61. The number of para-hydroxylation sites is 1. The second-order valence-electron chi connectivity index (χ2n) is 7.71. The van der Waals surface area contributed by atoms with Crippen molar-refractivity contribution in [2.24, 2.45) is 5.92 Å². The maximum absolute atomic E-state index is 12.7. The van der Waals surface area contributed by atoms with Crippen LogP contribution in [-0.2, 0) is 14.9 Å². The van der Waals surface area contributed by atoms with E-state index >= 15 is 0 Å². The topological polar surface area (TPSA) is 162 Å². The summed E-state index contributed by atoms with van der Waals surface area (Å²) >= 11 is 0. The maximum atomic E-state index is 12.7. The molecule has 164 valence electrons. The summed E-state index contributed by atoms with van der Waals surface area (Å²) in [5, 5.41) is 3.62. The smallest absolute Gasteiger partial charge is 0.336 e. The number of anilines is 1. The van der Waals surface area contributed by atoms with Gasteiger partial charge >= 0.3 is 5.97 Å². The Labute approximate surface area is 176 Å². The molecule has 3 atom stereocenters. The number of esters is 1. The third-order valence-corrected chi connectivity index (χ3v) is 6.60. The van der Waals surface area contributed by atoms with Crippen LogP contribution in [0.1, 0.15) is 25.3 Å². The molecule has 2 saturated heterocycles. The van der Waals surface area contributed by atoms with E-state index in [-0.39, 0.29) is 22.8 Å². The molecule has 0 amide bonds. The van der Waals surface area contributed by atoms with Crippen molar-refractivity contribution in [3.63, 3.8) is 0 Å². The van der Waals surface area contributed by atoms with Gasteiger partial charge in [-0.05, 0) is 31.4 Å². The predicted molar refractivity (Wildman–Crippen MR) is 98.5 cm³/mol. The highest BCUT2D eigenvalue weighted by molar-refractivity contribution is 5.94. The highest BCUT2D eigenvalue weighted by Crippen LogP contribution is 2.61. The Balaban J connectivity index is 0.000000386. The Morgan fingerprint density at radius 1 is 1.37 bits per heavy atom. The van der Waals surface area contributed by atoms with Crippen LogP contribution in [0.15, 0.2) is 47.2 Å². The van der Waals surface area contributed by atoms with Crippen molar-refractivity contribution < 1.29 is 43.9 Å². The number of carbonyl (C=O) groups is 1. The van der Waals surface area contributed by atoms with Gasteiger partial charge in [0.05, 0.1) is 33.0 Å². The van der Waals surface area contributed by atoms with Crippen molar-refractivity contribution in [3.05, 3.63) is 52.7 Å². The summed E-state index contributed by atoms with van der Waals surface area (Å²) in [6, 6.07) is 9.03. The van der Waals surface area contributed by atoms with Crippen LogP contribution in [0.4, 0.5) is 5.69 Å². The third kappa shape index (κ3) is 3.42. The summed E-state index contributed by atoms with van der Waals surface area (Å²) < 4.78 is 37.9. The lowest BCUT2D eigenvalue weighted by atomic mass is 9.62. The van der Waals surface area contributed by atoms with Crippen LogP contribution in [0.25, 0.3) is 0 Å². The number of allylic oxidation sites excluding steroid dienone is 1. The van der Waals surface area contributed by atoms with E-state index < -0.39 is 10.2 Å². The Kier molecular flexibility index (Phi) is 6.00.